The van der Waals surface area contributed by atoms with E-state index >= 15 is 0 Å². The fourth-order valence-electron chi connectivity index (χ4n) is 2.49. The van der Waals surface area contributed by atoms with Gasteiger partial charge in [-0.2, -0.15) is 17.6 Å². The van der Waals surface area contributed by atoms with E-state index in [0.29, 0.717) is 9.65 Å². The van der Waals surface area contributed by atoms with Gasteiger partial charge in [-0.15, -0.1) is 0 Å². The van der Waals surface area contributed by atoms with E-state index in [-0.39, 0.29) is 16.0 Å². The minimum atomic E-state index is -3.99. The first-order valence-corrected chi connectivity index (χ1v) is 9.05. The van der Waals surface area contributed by atoms with Gasteiger partial charge in [0.1, 0.15) is 11.6 Å². The lowest BCUT2D eigenvalue weighted by molar-refractivity contribution is 0.103. The minimum Gasteiger partial charge on any atom is -0.507 e. The maximum atomic E-state index is 13.3. The lowest BCUT2D eigenvalue weighted by Gasteiger charge is -2.08. The Bertz CT molecular complexity index is 1120. The predicted octanol–water partition coefficient (Wildman–Crippen LogP) is 2.81. The SMILES string of the molecule is Cc1ccc(C)c(S(=O)(=O)n2cc(C(=O)c3cc(F)ccc3O)cn2)c1. The first-order chi connectivity index (χ1) is 12.2. The van der Waals surface area contributed by atoms with Crippen LogP contribution in [0, 0.1) is 19.7 Å². The molecule has 0 fully saturated rings. The first kappa shape index (κ1) is 17.8. The van der Waals surface area contributed by atoms with E-state index in [1.807, 2.05) is 0 Å². The van der Waals surface area contributed by atoms with Gasteiger partial charge in [-0.05, 0) is 49.2 Å². The fraction of sp³-hybridized carbons (Fsp3) is 0.111. The maximum absolute atomic E-state index is 13.3. The van der Waals surface area contributed by atoms with Crippen LogP contribution in [-0.2, 0) is 10.0 Å². The average Bonchev–Trinajstić information content (AvgIpc) is 3.09. The summed E-state index contributed by atoms with van der Waals surface area (Å²) in [5.74, 6) is -1.83. The van der Waals surface area contributed by atoms with Crippen LogP contribution in [0.15, 0.2) is 53.7 Å². The van der Waals surface area contributed by atoms with Crippen molar-refractivity contribution in [3.05, 3.63) is 76.9 Å². The molecule has 1 heterocycles. The Hall–Kier alpha value is -3.00. The molecule has 0 amide bonds. The van der Waals surface area contributed by atoms with Gasteiger partial charge in [0, 0.05) is 0 Å². The van der Waals surface area contributed by atoms with Gasteiger partial charge in [0.15, 0.2) is 5.78 Å². The Kier molecular flexibility index (Phi) is 4.37. The summed E-state index contributed by atoms with van der Waals surface area (Å²) >= 11 is 0. The number of phenols is 1. The molecule has 134 valence electrons. The second-order valence-electron chi connectivity index (χ2n) is 5.87. The van der Waals surface area contributed by atoms with E-state index in [9.17, 15) is 22.7 Å². The topological polar surface area (TPSA) is 89.3 Å². The first-order valence-electron chi connectivity index (χ1n) is 7.61. The van der Waals surface area contributed by atoms with Crippen molar-refractivity contribution in [3.63, 3.8) is 0 Å². The molecular formula is C18H15FN2O4S. The largest absolute Gasteiger partial charge is 0.507 e. The Morgan fingerprint density at radius 1 is 1.15 bits per heavy atom. The van der Waals surface area contributed by atoms with E-state index in [1.165, 1.54) is 6.07 Å². The van der Waals surface area contributed by atoms with E-state index in [2.05, 4.69) is 5.10 Å². The van der Waals surface area contributed by atoms with E-state index in [0.717, 1.165) is 36.2 Å². The van der Waals surface area contributed by atoms with Crippen molar-refractivity contribution in [1.82, 2.24) is 9.19 Å². The zero-order chi connectivity index (χ0) is 19.1. The highest BCUT2D eigenvalue weighted by Crippen LogP contribution is 2.23. The van der Waals surface area contributed by atoms with Crippen LogP contribution in [0.25, 0.3) is 0 Å². The Labute approximate surface area is 149 Å². The number of aromatic nitrogens is 2. The number of rotatable bonds is 4. The second kappa shape index (κ2) is 6.38. The highest BCUT2D eigenvalue weighted by molar-refractivity contribution is 7.89. The van der Waals surface area contributed by atoms with Gasteiger partial charge in [-0.3, -0.25) is 4.79 Å². The molecule has 1 N–H and O–H groups in total. The van der Waals surface area contributed by atoms with Crippen molar-refractivity contribution < 1.29 is 22.7 Å². The van der Waals surface area contributed by atoms with Crippen LogP contribution in [-0.4, -0.2) is 28.5 Å². The third kappa shape index (κ3) is 3.11. The summed E-state index contributed by atoms with van der Waals surface area (Å²) in [5.41, 5.74) is 0.956. The van der Waals surface area contributed by atoms with Gasteiger partial charge in [-0.1, -0.05) is 12.1 Å². The summed E-state index contributed by atoms with van der Waals surface area (Å²) in [4.78, 5) is 12.5. The molecule has 6 nitrogen and oxygen atoms in total. The number of hydrogen-bond acceptors (Lipinski definition) is 5. The number of benzene rings is 2. The zero-order valence-corrected chi connectivity index (χ0v) is 14.8. The van der Waals surface area contributed by atoms with E-state index in [1.54, 1.807) is 26.0 Å². The van der Waals surface area contributed by atoms with Gasteiger partial charge < -0.3 is 5.11 Å². The summed E-state index contributed by atoms with van der Waals surface area (Å²) in [6, 6.07) is 7.95. The summed E-state index contributed by atoms with van der Waals surface area (Å²) in [6.45, 7) is 3.43. The second-order valence-corrected chi connectivity index (χ2v) is 7.63. The van der Waals surface area contributed by atoms with Gasteiger partial charge in [0.25, 0.3) is 10.0 Å². The molecule has 0 saturated heterocycles. The highest BCUT2D eigenvalue weighted by atomic mass is 32.2. The molecule has 0 aliphatic rings. The molecular weight excluding hydrogens is 359 g/mol. The number of aromatic hydroxyl groups is 1. The van der Waals surface area contributed by atoms with Crippen LogP contribution in [0.2, 0.25) is 0 Å². The number of aryl methyl sites for hydroxylation is 2. The summed E-state index contributed by atoms with van der Waals surface area (Å²) in [5, 5.41) is 13.5. The fourth-order valence-corrected chi connectivity index (χ4v) is 3.92. The number of hydrogen-bond donors (Lipinski definition) is 1. The van der Waals surface area contributed by atoms with E-state index < -0.39 is 27.4 Å². The smallest absolute Gasteiger partial charge is 0.283 e. The lowest BCUT2D eigenvalue weighted by Crippen LogP contribution is -2.15. The number of carbonyl (C=O) groups excluding carboxylic acids is 1. The number of ketones is 1. The third-order valence-corrected chi connectivity index (χ3v) is 5.58. The minimum absolute atomic E-state index is 0.0770. The molecule has 0 saturated carbocycles. The van der Waals surface area contributed by atoms with Crippen LogP contribution in [0.3, 0.4) is 0 Å². The van der Waals surface area contributed by atoms with Crippen molar-refractivity contribution in [2.24, 2.45) is 0 Å². The zero-order valence-electron chi connectivity index (χ0n) is 14.0. The van der Waals surface area contributed by atoms with Crippen LogP contribution < -0.4 is 0 Å². The highest BCUT2D eigenvalue weighted by Gasteiger charge is 2.23. The molecule has 1 aromatic heterocycles. The van der Waals surface area contributed by atoms with E-state index in [4.69, 9.17) is 0 Å². The molecule has 8 heteroatoms. The summed E-state index contributed by atoms with van der Waals surface area (Å²) in [6.07, 6.45) is 2.11. The molecule has 3 rings (SSSR count). The average molecular weight is 374 g/mol. The molecule has 0 unspecified atom stereocenters. The van der Waals surface area contributed by atoms with Gasteiger partial charge in [0.2, 0.25) is 0 Å². The Morgan fingerprint density at radius 3 is 2.62 bits per heavy atom. The monoisotopic (exact) mass is 374 g/mol. The maximum Gasteiger partial charge on any atom is 0.283 e. The van der Waals surface area contributed by atoms with Crippen LogP contribution in [0.4, 0.5) is 4.39 Å². The molecule has 2 aromatic carbocycles. The standard InChI is InChI=1S/C18H15FN2O4S/c1-11-3-4-12(2)17(7-11)26(24,25)21-10-13(9-20-21)18(23)15-8-14(19)5-6-16(15)22/h3-10,22H,1-2H3. The van der Waals surface area contributed by atoms with Crippen molar-refractivity contribution in [1.29, 1.82) is 0 Å². The quantitative estimate of drug-likeness (QED) is 0.710. The molecule has 0 aliphatic carbocycles. The number of nitrogens with zero attached hydrogens (tertiary/aromatic N) is 2. The van der Waals surface area contributed by atoms with Gasteiger partial charge in [0.05, 0.1) is 28.4 Å². The molecule has 0 bridgehead atoms. The molecule has 3 aromatic rings. The molecule has 0 aliphatic heterocycles. The summed E-state index contributed by atoms with van der Waals surface area (Å²) in [7, 11) is -3.99. The Balaban J connectivity index is 2.03. The van der Waals surface area contributed by atoms with Crippen molar-refractivity contribution in [2.75, 3.05) is 0 Å². The van der Waals surface area contributed by atoms with Crippen LogP contribution in [0.5, 0.6) is 5.75 Å². The van der Waals surface area contributed by atoms with Gasteiger partial charge >= 0.3 is 0 Å². The van der Waals surface area contributed by atoms with Crippen LogP contribution >= 0.6 is 0 Å². The molecule has 26 heavy (non-hydrogen) atoms. The predicted molar refractivity (Wildman–Crippen MR) is 92.2 cm³/mol. The van der Waals surface area contributed by atoms with Crippen molar-refractivity contribution in [3.8, 4) is 5.75 Å². The van der Waals surface area contributed by atoms with Crippen molar-refractivity contribution in [2.45, 2.75) is 18.7 Å². The molecule has 0 radical (unpaired) electrons. The normalized spacial score (nSPS) is 11.5. The number of halogens is 1. The van der Waals surface area contributed by atoms with Crippen LogP contribution in [0.1, 0.15) is 27.0 Å². The number of phenolic OH excluding ortho intramolecular Hbond substituents is 1. The molecule has 0 atom stereocenters. The van der Waals surface area contributed by atoms with Gasteiger partial charge in [-0.25, -0.2) is 4.39 Å². The lowest BCUT2D eigenvalue weighted by atomic mass is 10.1. The Morgan fingerprint density at radius 2 is 1.88 bits per heavy atom. The number of carbonyl (C=O) groups is 1. The van der Waals surface area contributed by atoms with Crippen molar-refractivity contribution >= 4 is 15.8 Å². The molecule has 0 spiro atoms. The summed E-state index contributed by atoms with van der Waals surface area (Å²) < 4.78 is 39.6. The third-order valence-electron chi connectivity index (χ3n) is 3.89.